The Labute approximate surface area is 125 Å². The number of hydrogen-bond donors (Lipinski definition) is 1. The Hall–Kier alpha value is -1.96. The average Bonchev–Trinajstić information content (AvgIpc) is 2.85. The lowest BCUT2D eigenvalue weighted by Gasteiger charge is -2.09. The highest BCUT2D eigenvalue weighted by Gasteiger charge is 2.19. The van der Waals surface area contributed by atoms with Gasteiger partial charge >= 0.3 is 5.97 Å². The molecule has 0 aromatic carbocycles. The van der Waals surface area contributed by atoms with Crippen molar-refractivity contribution in [2.24, 2.45) is 0 Å². The monoisotopic (exact) mass is 310 g/mol. The molecule has 2 heterocycles. The highest BCUT2D eigenvalue weighted by atomic mass is 32.1. The van der Waals surface area contributed by atoms with Gasteiger partial charge in [0.2, 0.25) is 0 Å². The van der Waals surface area contributed by atoms with Crippen molar-refractivity contribution in [3.8, 4) is 0 Å². The summed E-state index contributed by atoms with van der Waals surface area (Å²) in [6.07, 6.45) is 0. The molecule has 0 amide bonds. The van der Waals surface area contributed by atoms with Gasteiger partial charge in [0.1, 0.15) is 16.8 Å². The van der Waals surface area contributed by atoms with Gasteiger partial charge in [0.15, 0.2) is 5.13 Å². The number of hydrogen-bond acceptors (Lipinski definition) is 7. The maximum Gasteiger partial charge on any atom is 0.327 e. The van der Waals surface area contributed by atoms with Crippen molar-refractivity contribution in [3.63, 3.8) is 0 Å². The predicted molar refractivity (Wildman–Crippen MR) is 81.9 cm³/mol. The van der Waals surface area contributed by atoms with E-state index in [1.54, 1.807) is 0 Å². The van der Waals surface area contributed by atoms with Crippen LogP contribution in [0, 0.1) is 0 Å². The van der Waals surface area contributed by atoms with E-state index in [-0.39, 0.29) is 18.0 Å². The number of anilines is 1. The molecule has 7 nitrogen and oxygen atoms in total. The quantitative estimate of drug-likeness (QED) is 0.844. The van der Waals surface area contributed by atoms with E-state index in [0.717, 1.165) is 11.2 Å². The molecule has 2 aromatic rings. The van der Waals surface area contributed by atoms with Gasteiger partial charge in [0, 0.05) is 6.54 Å². The van der Waals surface area contributed by atoms with Gasteiger partial charge in [0.05, 0.1) is 12.8 Å². The third kappa shape index (κ3) is 3.05. The number of ether oxygens (including phenoxy) is 1. The molecule has 0 saturated carbocycles. The van der Waals surface area contributed by atoms with E-state index in [4.69, 9.17) is 0 Å². The zero-order chi connectivity index (χ0) is 15.6. The number of rotatable bonds is 5. The minimum Gasteiger partial charge on any atom is -0.468 e. The molecule has 0 atom stereocenters. The molecule has 8 heteroatoms. The molecule has 21 heavy (non-hydrogen) atoms. The summed E-state index contributed by atoms with van der Waals surface area (Å²) in [4.78, 5) is 28.3. The van der Waals surface area contributed by atoms with Crippen LogP contribution in [-0.2, 0) is 16.1 Å². The molecule has 0 fully saturated rings. The van der Waals surface area contributed by atoms with Gasteiger partial charge in [-0.1, -0.05) is 25.2 Å². The second-order valence-electron chi connectivity index (χ2n) is 4.81. The van der Waals surface area contributed by atoms with Gasteiger partial charge in [-0.15, -0.1) is 0 Å². The summed E-state index contributed by atoms with van der Waals surface area (Å²) < 4.78 is 6.26. The van der Waals surface area contributed by atoms with E-state index in [1.807, 2.05) is 20.8 Å². The number of methoxy groups -OCH3 is 1. The minimum atomic E-state index is -0.505. The second-order valence-corrected chi connectivity index (χ2v) is 5.81. The van der Waals surface area contributed by atoms with Crippen molar-refractivity contribution >= 4 is 32.7 Å². The third-order valence-electron chi connectivity index (χ3n) is 2.91. The first-order chi connectivity index (χ1) is 9.97. The number of aromatic nitrogens is 3. The molecule has 2 rings (SSSR count). The molecule has 0 aliphatic rings. The summed E-state index contributed by atoms with van der Waals surface area (Å²) in [6, 6.07) is 0. The van der Waals surface area contributed by atoms with Gasteiger partial charge in [-0.25, -0.2) is 9.67 Å². The number of carbonyl (C=O) groups is 1. The molecule has 1 N–H and O–H groups in total. The lowest BCUT2D eigenvalue weighted by molar-refractivity contribution is -0.141. The van der Waals surface area contributed by atoms with Crippen LogP contribution in [0.1, 0.15) is 32.4 Å². The van der Waals surface area contributed by atoms with E-state index in [0.29, 0.717) is 21.0 Å². The Morgan fingerprint density at radius 2 is 2.19 bits per heavy atom. The number of carbonyl (C=O) groups excluding carboxylic acids is 1. The van der Waals surface area contributed by atoms with Crippen molar-refractivity contribution in [1.29, 1.82) is 0 Å². The van der Waals surface area contributed by atoms with Crippen LogP contribution in [0.3, 0.4) is 0 Å². The minimum absolute atomic E-state index is 0.0913. The standard InChI is InChI=1S/C13H18N4O3S/c1-5-14-13-15-10-9(7(2)3)16-17(6-8(18)20-4)12(19)11(10)21-13/h7H,5-6H2,1-4H3,(H,14,15). The average molecular weight is 310 g/mol. The molecule has 0 saturated heterocycles. The molecule has 0 unspecified atom stereocenters. The highest BCUT2D eigenvalue weighted by molar-refractivity contribution is 7.22. The molecule has 0 spiro atoms. The first-order valence-corrected chi connectivity index (χ1v) is 7.51. The summed E-state index contributed by atoms with van der Waals surface area (Å²) in [5.41, 5.74) is 0.993. The number of fused-ring (bicyclic) bond motifs is 1. The topological polar surface area (TPSA) is 86.1 Å². The molecule has 0 bridgehead atoms. The summed E-state index contributed by atoms with van der Waals surface area (Å²) >= 11 is 1.28. The fourth-order valence-electron chi connectivity index (χ4n) is 1.89. The third-order valence-corrected chi connectivity index (χ3v) is 3.91. The fourth-order valence-corrected chi connectivity index (χ4v) is 2.87. The Kier molecular flexibility index (Phi) is 4.56. The van der Waals surface area contributed by atoms with Crippen molar-refractivity contribution in [3.05, 3.63) is 16.0 Å². The largest absolute Gasteiger partial charge is 0.468 e. The van der Waals surface area contributed by atoms with Crippen LogP contribution in [0.5, 0.6) is 0 Å². The van der Waals surface area contributed by atoms with Crippen LogP contribution in [0.2, 0.25) is 0 Å². The van der Waals surface area contributed by atoms with E-state index >= 15 is 0 Å². The Balaban J connectivity index is 2.64. The maximum absolute atomic E-state index is 12.4. The molecular weight excluding hydrogens is 292 g/mol. The van der Waals surface area contributed by atoms with Gasteiger partial charge < -0.3 is 10.1 Å². The molecular formula is C13H18N4O3S. The van der Waals surface area contributed by atoms with Gasteiger partial charge in [-0.05, 0) is 12.8 Å². The predicted octanol–water partition coefficient (Wildman–Crippen LogP) is 1.58. The van der Waals surface area contributed by atoms with Gasteiger partial charge in [-0.2, -0.15) is 5.10 Å². The highest BCUT2D eigenvalue weighted by Crippen LogP contribution is 2.27. The zero-order valence-electron chi connectivity index (χ0n) is 12.5. The van der Waals surface area contributed by atoms with E-state index < -0.39 is 5.97 Å². The van der Waals surface area contributed by atoms with Crippen LogP contribution < -0.4 is 10.9 Å². The van der Waals surface area contributed by atoms with Crippen LogP contribution >= 0.6 is 11.3 Å². The SMILES string of the molecule is CCNc1nc2c(C(C)C)nn(CC(=O)OC)c(=O)c2s1. The number of esters is 1. The smallest absolute Gasteiger partial charge is 0.327 e. The lowest BCUT2D eigenvalue weighted by Crippen LogP contribution is -2.28. The van der Waals surface area contributed by atoms with Gasteiger partial charge in [-0.3, -0.25) is 9.59 Å². The summed E-state index contributed by atoms with van der Waals surface area (Å²) in [6.45, 7) is 6.44. The molecule has 0 aliphatic carbocycles. The Morgan fingerprint density at radius 1 is 1.48 bits per heavy atom. The summed E-state index contributed by atoms with van der Waals surface area (Å²) in [7, 11) is 1.28. The van der Waals surface area contributed by atoms with Crippen molar-refractivity contribution < 1.29 is 9.53 Å². The van der Waals surface area contributed by atoms with Gasteiger partial charge in [0.25, 0.3) is 5.56 Å². The van der Waals surface area contributed by atoms with Crippen LogP contribution in [-0.4, -0.2) is 34.4 Å². The Bertz CT molecular complexity index is 720. The zero-order valence-corrected chi connectivity index (χ0v) is 13.3. The fraction of sp³-hybridized carbons (Fsp3) is 0.538. The first kappa shape index (κ1) is 15.4. The van der Waals surface area contributed by atoms with Crippen LogP contribution in [0.25, 0.3) is 10.2 Å². The number of thiazole rings is 1. The van der Waals surface area contributed by atoms with Crippen molar-refractivity contribution in [2.75, 3.05) is 19.0 Å². The molecule has 0 radical (unpaired) electrons. The molecule has 114 valence electrons. The molecule has 2 aromatic heterocycles. The normalized spacial score (nSPS) is 11.1. The maximum atomic E-state index is 12.4. The Morgan fingerprint density at radius 3 is 2.76 bits per heavy atom. The van der Waals surface area contributed by atoms with E-state index in [2.05, 4.69) is 20.1 Å². The lowest BCUT2D eigenvalue weighted by atomic mass is 10.1. The number of nitrogens with zero attached hydrogens (tertiary/aromatic N) is 3. The number of nitrogens with one attached hydrogen (secondary N) is 1. The summed E-state index contributed by atoms with van der Waals surface area (Å²) in [5, 5.41) is 8.07. The first-order valence-electron chi connectivity index (χ1n) is 6.70. The van der Waals surface area contributed by atoms with Crippen LogP contribution in [0.4, 0.5) is 5.13 Å². The van der Waals surface area contributed by atoms with Crippen molar-refractivity contribution in [2.45, 2.75) is 33.2 Å². The van der Waals surface area contributed by atoms with E-state index in [1.165, 1.54) is 18.4 Å². The molecule has 0 aliphatic heterocycles. The van der Waals surface area contributed by atoms with Crippen LogP contribution in [0.15, 0.2) is 4.79 Å². The van der Waals surface area contributed by atoms with E-state index in [9.17, 15) is 9.59 Å². The second kappa shape index (κ2) is 6.21. The summed E-state index contributed by atoms with van der Waals surface area (Å²) in [5.74, 6) is -0.413. The van der Waals surface area contributed by atoms with Crippen molar-refractivity contribution in [1.82, 2.24) is 14.8 Å².